The number of aromatic nitrogens is 2. The van der Waals surface area contributed by atoms with Crippen molar-refractivity contribution >= 4 is 12.2 Å². The first kappa shape index (κ1) is 19.2. The van der Waals surface area contributed by atoms with Gasteiger partial charge >= 0.3 is 12.2 Å². The van der Waals surface area contributed by atoms with Gasteiger partial charge < -0.3 is 25.0 Å². The average molecular weight is 383 g/mol. The number of nitrogens with one attached hydrogen (secondary N) is 1. The first-order chi connectivity index (χ1) is 13.4. The normalized spacial score (nSPS) is 20.4. The molecule has 1 fully saturated rings. The fraction of sp³-hybridized carbons (Fsp3) is 0.368. The smallest absolute Gasteiger partial charge is 0.407 e. The quantitative estimate of drug-likeness (QED) is 0.742. The molecule has 0 aliphatic carbocycles. The number of imidazole rings is 1. The Morgan fingerprint density at radius 3 is 2.43 bits per heavy atom. The number of nitriles is 1. The third-order valence-electron chi connectivity index (χ3n) is 5.29. The van der Waals surface area contributed by atoms with Gasteiger partial charge in [-0.15, -0.1) is 0 Å². The Hall–Kier alpha value is -3.54. The van der Waals surface area contributed by atoms with Crippen LogP contribution in [0.5, 0.6) is 0 Å². The summed E-state index contributed by atoms with van der Waals surface area (Å²) in [6.45, 7) is 1.97. The number of carbonyl (C=O) groups is 2. The van der Waals surface area contributed by atoms with E-state index in [9.17, 15) is 19.8 Å². The van der Waals surface area contributed by atoms with Crippen LogP contribution in [-0.2, 0) is 6.42 Å². The summed E-state index contributed by atoms with van der Waals surface area (Å²) in [5.74, 6) is -0.330. The zero-order valence-corrected chi connectivity index (χ0v) is 15.3. The number of aromatic amines is 1. The maximum Gasteiger partial charge on any atom is 0.407 e. The Morgan fingerprint density at radius 1 is 1.25 bits per heavy atom. The maximum absolute atomic E-state index is 11.9. The second-order valence-corrected chi connectivity index (χ2v) is 6.81. The molecule has 9 nitrogen and oxygen atoms in total. The lowest BCUT2D eigenvalue weighted by Gasteiger charge is -2.47. The van der Waals surface area contributed by atoms with Gasteiger partial charge in [0.15, 0.2) is 0 Å². The maximum atomic E-state index is 11.9. The topological polar surface area (TPSA) is 134 Å². The molecule has 1 aliphatic rings. The molecule has 0 bridgehead atoms. The van der Waals surface area contributed by atoms with E-state index in [2.05, 4.69) is 16.0 Å². The third-order valence-corrected chi connectivity index (χ3v) is 5.29. The van der Waals surface area contributed by atoms with E-state index in [-0.39, 0.29) is 19.0 Å². The summed E-state index contributed by atoms with van der Waals surface area (Å²) in [6.07, 6.45) is 1.49. The van der Waals surface area contributed by atoms with Crippen LogP contribution in [0.1, 0.15) is 29.7 Å². The number of piperazine rings is 1. The molecule has 0 radical (unpaired) electrons. The molecule has 2 heterocycles. The van der Waals surface area contributed by atoms with Crippen molar-refractivity contribution in [2.24, 2.45) is 0 Å². The summed E-state index contributed by atoms with van der Waals surface area (Å²) in [5.41, 5.74) is 2.19. The van der Waals surface area contributed by atoms with Gasteiger partial charge in [0.1, 0.15) is 0 Å². The summed E-state index contributed by atoms with van der Waals surface area (Å²) in [7, 11) is 0. The van der Waals surface area contributed by atoms with Crippen molar-refractivity contribution in [3.8, 4) is 6.07 Å². The van der Waals surface area contributed by atoms with Crippen molar-refractivity contribution < 1.29 is 19.8 Å². The van der Waals surface area contributed by atoms with Gasteiger partial charge in [-0.1, -0.05) is 12.1 Å². The van der Waals surface area contributed by atoms with Crippen LogP contribution >= 0.6 is 0 Å². The molecule has 2 amide bonds. The summed E-state index contributed by atoms with van der Waals surface area (Å²) in [4.78, 5) is 33.2. The molecule has 2 aromatic rings. The van der Waals surface area contributed by atoms with Crippen LogP contribution in [0.4, 0.5) is 9.59 Å². The van der Waals surface area contributed by atoms with Crippen LogP contribution in [0, 0.1) is 11.3 Å². The zero-order valence-electron chi connectivity index (χ0n) is 15.3. The largest absolute Gasteiger partial charge is 0.465 e. The highest BCUT2D eigenvalue weighted by Gasteiger charge is 2.43. The van der Waals surface area contributed by atoms with E-state index in [0.29, 0.717) is 12.0 Å². The van der Waals surface area contributed by atoms with Crippen LogP contribution in [0.15, 0.2) is 36.8 Å². The second kappa shape index (κ2) is 8.00. The SMILES string of the molecule is CC1C(C(Cc2ccc(C#N)cc2)c2cnc[nH]2)N(C(=O)O)CCN1C(=O)O. The molecule has 0 saturated carbocycles. The molecule has 9 heteroatoms. The van der Waals surface area contributed by atoms with Crippen LogP contribution < -0.4 is 0 Å². The predicted octanol–water partition coefficient (Wildman–Crippen LogP) is 2.34. The number of rotatable bonds is 4. The average Bonchev–Trinajstić information content (AvgIpc) is 3.20. The molecule has 3 rings (SSSR count). The molecule has 1 aromatic heterocycles. The number of H-pyrrole nitrogens is 1. The molecule has 28 heavy (non-hydrogen) atoms. The van der Waals surface area contributed by atoms with Crippen molar-refractivity contribution in [3.05, 3.63) is 53.6 Å². The van der Waals surface area contributed by atoms with Crippen LogP contribution in [-0.4, -0.2) is 67.3 Å². The molecule has 1 aliphatic heterocycles. The van der Waals surface area contributed by atoms with Crippen molar-refractivity contribution in [1.82, 2.24) is 19.8 Å². The number of benzene rings is 1. The van der Waals surface area contributed by atoms with Crippen molar-refractivity contribution in [1.29, 1.82) is 5.26 Å². The van der Waals surface area contributed by atoms with E-state index < -0.39 is 24.3 Å². The lowest BCUT2D eigenvalue weighted by molar-refractivity contribution is 0.0224. The van der Waals surface area contributed by atoms with E-state index >= 15 is 0 Å². The second-order valence-electron chi connectivity index (χ2n) is 6.81. The highest BCUT2D eigenvalue weighted by molar-refractivity contribution is 5.69. The number of carboxylic acid groups (broad SMARTS) is 2. The fourth-order valence-corrected chi connectivity index (χ4v) is 3.91. The summed E-state index contributed by atoms with van der Waals surface area (Å²) >= 11 is 0. The summed E-state index contributed by atoms with van der Waals surface area (Å²) in [6, 6.07) is 8.03. The molecule has 1 saturated heterocycles. The summed E-state index contributed by atoms with van der Waals surface area (Å²) in [5, 5.41) is 28.2. The Morgan fingerprint density at radius 2 is 1.89 bits per heavy atom. The fourth-order valence-electron chi connectivity index (χ4n) is 3.91. The third kappa shape index (κ3) is 3.76. The monoisotopic (exact) mass is 383 g/mol. The molecule has 3 unspecified atom stereocenters. The van der Waals surface area contributed by atoms with E-state index in [0.717, 1.165) is 11.3 Å². The predicted molar refractivity (Wildman–Crippen MR) is 98.9 cm³/mol. The minimum atomic E-state index is -1.08. The van der Waals surface area contributed by atoms with Crippen LogP contribution in [0.25, 0.3) is 0 Å². The molecule has 3 N–H and O–H groups in total. The van der Waals surface area contributed by atoms with Crippen molar-refractivity contribution in [2.75, 3.05) is 13.1 Å². The van der Waals surface area contributed by atoms with Crippen LogP contribution in [0.2, 0.25) is 0 Å². The van der Waals surface area contributed by atoms with Crippen molar-refractivity contribution in [2.45, 2.75) is 31.3 Å². The molecule has 1 aromatic carbocycles. The number of amides is 2. The lowest BCUT2D eigenvalue weighted by Crippen LogP contribution is -2.63. The van der Waals surface area contributed by atoms with Gasteiger partial charge in [0.25, 0.3) is 0 Å². The number of hydrogen-bond donors (Lipinski definition) is 3. The van der Waals surface area contributed by atoms with E-state index in [1.165, 1.54) is 16.1 Å². The molecular weight excluding hydrogens is 362 g/mol. The first-order valence-electron chi connectivity index (χ1n) is 8.88. The van der Waals surface area contributed by atoms with Gasteiger partial charge in [0.05, 0.1) is 30.0 Å². The van der Waals surface area contributed by atoms with Gasteiger partial charge in [-0.25, -0.2) is 14.6 Å². The van der Waals surface area contributed by atoms with Gasteiger partial charge in [0.2, 0.25) is 0 Å². The van der Waals surface area contributed by atoms with Crippen molar-refractivity contribution in [3.63, 3.8) is 0 Å². The molecular formula is C19H21N5O4. The summed E-state index contributed by atoms with van der Waals surface area (Å²) < 4.78 is 0. The van der Waals surface area contributed by atoms with E-state index in [1.807, 2.05) is 12.1 Å². The van der Waals surface area contributed by atoms with Gasteiger partial charge in [0, 0.05) is 30.9 Å². The van der Waals surface area contributed by atoms with E-state index in [4.69, 9.17) is 5.26 Å². The van der Waals surface area contributed by atoms with Gasteiger partial charge in [-0.2, -0.15) is 5.26 Å². The number of hydrogen-bond acceptors (Lipinski definition) is 4. The van der Waals surface area contributed by atoms with Crippen LogP contribution in [0.3, 0.4) is 0 Å². The Kier molecular flexibility index (Phi) is 5.49. The van der Waals surface area contributed by atoms with E-state index in [1.54, 1.807) is 25.3 Å². The Balaban J connectivity index is 1.99. The Labute approximate surface area is 161 Å². The highest BCUT2D eigenvalue weighted by atomic mass is 16.4. The van der Waals surface area contributed by atoms with Gasteiger partial charge in [-0.05, 0) is 31.0 Å². The lowest BCUT2D eigenvalue weighted by atomic mass is 9.83. The molecule has 0 spiro atoms. The minimum Gasteiger partial charge on any atom is -0.465 e. The number of nitrogens with zero attached hydrogens (tertiary/aromatic N) is 4. The van der Waals surface area contributed by atoms with Gasteiger partial charge in [-0.3, -0.25) is 0 Å². The first-order valence-corrected chi connectivity index (χ1v) is 8.88. The molecule has 146 valence electrons. The minimum absolute atomic E-state index is 0.106. The highest BCUT2D eigenvalue weighted by Crippen LogP contribution is 2.33. The molecule has 3 atom stereocenters. The standard InChI is InChI=1S/C19H21N5O4/c1-12-17(24(19(27)28)7-6-23(12)18(25)26)15(16-10-21-11-22-16)8-13-2-4-14(9-20)5-3-13/h2-5,10-12,15,17H,6-8H2,1H3,(H,21,22)(H,25,26)(H,27,28). The Bertz CT molecular complexity index is 875. The zero-order chi connectivity index (χ0) is 20.3.